The number of rotatable bonds is 4. The Morgan fingerprint density at radius 2 is 1.90 bits per heavy atom. The van der Waals surface area contributed by atoms with Gasteiger partial charge in [0.1, 0.15) is 0 Å². The maximum Gasteiger partial charge on any atom is 0.252 e. The highest BCUT2D eigenvalue weighted by molar-refractivity contribution is 6.07. The summed E-state index contributed by atoms with van der Waals surface area (Å²) in [5.41, 5.74) is 6.64. The first-order valence-corrected chi connectivity index (χ1v) is 6.74. The Kier molecular flexibility index (Phi) is 6.17. The maximum absolute atomic E-state index is 12.3. The standard InChI is InChI=1S/C15H20N2O2.ClH/c1-10(18)12-6-2-3-7-13(12)15(19)17-14-8-4-5-11(14)9-16;/h2-3,6-7,11,14H,4-5,8-9,16H2,1H3,(H,17,19);1H. The van der Waals surface area contributed by atoms with E-state index >= 15 is 0 Å². The molecule has 0 saturated heterocycles. The summed E-state index contributed by atoms with van der Waals surface area (Å²) in [7, 11) is 0. The van der Waals surface area contributed by atoms with Gasteiger partial charge in [-0.2, -0.15) is 0 Å². The molecule has 1 aliphatic rings. The number of carbonyl (C=O) groups excluding carboxylic acids is 2. The van der Waals surface area contributed by atoms with Crippen molar-refractivity contribution in [3.63, 3.8) is 0 Å². The van der Waals surface area contributed by atoms with Crippen LogP contribution in [-0.2, 0) is 0 Å². The molecule has 5 heteroatoms. The highest BCUT2D eigenvalue weighted by Gasteiger charge is 2.28. The van der Waals surface area contributed by atoms with Crippen LogP contribution in [0.25, 0.3) is 0 Å². The molecule has 1 amide bonds. The predicted molar refractivity (Wildman–Crippen MR) is 81.3 cm³/mol. The molecule has 0 bridgehead atoms. The van der Waals surface area contributed by atoms with Crippen molar-refractivity contribution < 1.29 is 9.59 Å². The fraction of sp³-hybridized carbons (Fsp3) is 0.467. The molecule has 110 valence electrons. The number of carbonyl (C=O) groups is 2. The highest BCUT2D eigenvalue weighted by Crippen LogP contribution is 2.25. The quantitative estimate of drug-likeness (QED) is 0.836. The summed E-state index contributed by atoms with van der Waals surface area (Å²) < 4.78 is 0. The van der Waals surface area contributed by atoms with Crippen molar-refractivity contribution in [3.8, 4) is 0 Å². The van der Waals surface area contributed by atoms with Crippen molar-refractivity contribution in [2.75, 3.05) is 6.54 Å². The summed E-state index contributed by atoms with van der Waals surface area (Å²) in [6.45, 7) is 2.07. The zero-order chi connectivity index (χ0) is 13.8. The number of ketones is 1. The molecular formula is C15H21ClN2O2. The van der Waals surface area contributed by atoms with E-state index in [2.05, 4.69) is 5.32 Å². The maximum atomic E-state index is 12.3. The first kappa shape index (κ1) is 16.7. The number of hydrogen-bond acceptors (Lipinski definition) is 3. The minimum absolute atomic E-state index is 0. The van der Waals surface area contributed by atoms with Gasteiger partial charge in [0.05, 0.1) is 5.56 Å². The van der Waals surface area contributed by atoms with E-state index in [4.69, 9.17) is 5.73 Å². The number of halogens is 1. The van der Waals surface area contributed by atoms with E-state index < -0.39 is 0 Å². The third kappa shape index (κ3) is 3.58. The second kappa shape index (κ2) is 7.41. The van der Waals surface area contributed by atoms with Gasteiger partial charge >= 0.3 is 0 Å². The summed E-state index contributed by atoms with van der Waals surface area (Å²) in [4.78, 5) is 23.8. The first-order valence-electron chi connectivity index (χ1n) is 6.74. The molecule has 0 radical (unpaired) electrons. The molecule has 1 fully saturated rings. The Labute approximate surface area is 125 Å². The molecule has 0 aromatic heterocycles. The van der Waals surface area contributed by atoms with Crippen molar-refractivity contribution in [2.45, 2.75) is 32.2 Å². The SMILES string of the molecule is CC(=O)c1ccccc1C(=O)NC1CCCC1CN.Cl. The van der Waals surface area contributed by atoms with Crippen LogP contribution in [0.2, 0.25) is 0 Å². The average molecular weight is 297 g/mol. The first-order chi connectivity index (χ1) is 9.13. The average Bonchev–Trinajstić information content (AvgIpc) is 2.85. The Hall–Kier alpha value is -1.39. The lowest BCUT2D eigenvalue weighted by molar-refractivity contribution is 0.0917. The number of hydrogen-bond donors (Lipinski definition) is 2. The molecule has 20 heavy (non-hydrogen) atoms. The largest absolute Gasteiger partial charge is 0.349 e. The highest BCUT2D eigenvalue weighted by atomic mass is 35.5. The summed E-state index contributed by atoms with van der Waals surface area (Å²) in [6.07, 6.45) is 3.13. The van der Waals surface area contributed by atoms with Crippen molar-refractivity contribution in [2.24, 2.45) is 11.7 Å². The molecule has 1 aliphatic carbocycles. The number of nitrogens with two attached hydrogens (primary N) is 1. The Morgan fingerprint density at radius 3 is 2.50 bits per heavy atom. The van der Waals surface area contributed by atoms with Gasteiger partial charge in [0.25, 0.3) is 5.91 Å². The van der Waals surface area contributed by atoms with Gasteiger partial charge in [-0.25, -0.2) is 0 Å². The monoisotopic (exact) mass is 296 g/mol. The second-order valence-electron chi connectivity index (χ2n) is 5.11. The molecule has 2 unspecified atom stereocenters. The summed E-state index contributed by atoms with van der Waals surface area (Å²) in [5.74, 6) is 0.0946. The van der Waals surface area contributed by atoms with E-state index in [1.807, 2.05) is 0 Å². The van der Waals surface area contributed by atoms with Crippen LogP contribution in [-0.4, -0.2) is 24.3 Å². The second-order valence-corrected chi connectivity index (χ2v) is 5.11. The third-order valence-electron chi connectivity index (χ3n) is 3.83. The number of Topliss-reactive ketones (excluding diaryl/α,β-unsaturated/α-hetero) is 1. The normalized spacial score (nSPS) is 21.1. The van der Waals surface area contributed by atoms with Crippen molar-refractivity contribution in [1.29, 1.82) is 0 Å². The van der Waals surface area contributed by atoms with Crippen LogP contribution in [0.1, 0.15) is 46.9 Å². The lowest BCUT2D eigenvalue weighted by Crippen LogP contribution is -2.40. The van der Waals surface area contributed by atoms with E-state index in [9.17, 15) is 9.59 Å². The summed E-state index contributed by atoms with van der Waals surface area (Å²) in [6, 6.07) is 7.06. The molecule has 0 aliphatic heterocycles. The van der Waals surface area contributed by atoms with Gasteiger partial charge in [0.15, 0.2) is 5.78 Å². The van der Waals surface area contributed by atoms with Gasteiger partial charge in [-0.15, -0.1) is 12.4 Å². The van der Waals surface area contributed by atoms with Gasteiger partial charge in [-0.3, -0.25) is 9.59 Å². The molecule has 0 spiro atoms. The molecule has 3 N–H and O–H groups in total. The van der Waals surface area contributed by atoms with Gasteiger partial charge in [0.2, 0.25) is 0 Å². The van der Waals surface area contributed by atoms with E-state index in [0.29, 0.717) is 23.6 Å². The molecule has 4 nitrogen and oxygen atoms in total. The number of amides is 1. The van der Waals surface area contributed by atoms with Crippen LogP contribution < -0.4 is 11.1 Å². The van der Waals surface area contributed by atoms with Crippen LogP contribution in [0.4, 0.5) is 0 Å². The van der Waals surface area contributed by atoms with E-state index in [1.54, 1.807) is 24.3 Å². The lowest BCUT2D eigenvalue weighted by atomic mass is 10.0. The van der Waals surface area contributed by atoms with E-state index in [0.717, 1.165) is 19.3 Å². The zero-order valence-corrected chi connectivity index (χ0v) is 12.4. The third-order valence-corrected chi connectivity index (χ3v) is 3.83. The Balaban J connectivity index is 0.00000200. The molecular weight excluding hydrogens is 276 g/mol. The lowest BCUT2D eigenvalue weighted by Gasteiger charge is -2.20. The van der Waals surface area contributed by atoms with Gasteiger partial charge in [-0.05, 0) is 38.3 Å². The molecule has 0 heterocycles. The van der Waals surface area contributed by atoms with Crippen LogP contribution in [0.5, 0.6) is 0 Å². The van der Waals surface area contributed by atoms with Crippen LogP contribution in [0.3, 0.4) is 0 Å². The predicted octanol–water partition coefficient (Wildman–Crippen LogP) is 2.17. The summed E-state index contributed by atoms with van der Waals surface area (Å²) in [5, 5.41) is 3.02. The Morgan fingerprint density at radius 1 is 1.25 bits per heavy atom. The van der Waals surface area contributed by atoms with Gasteiger partial charge < -0.3 is 11.1 Å². The zero-order valence-electron chi connectivity index (χ0n) is 11.6. The van der Waals surface area contributed by atoms with E-state index in [1.165, 1.54) is 6.92 Å². The van der Waals surface area contributed by atoms with Crippen molar-refractivity contribution in [3.05, 3.63) is 35.4 Å². The van der Waals surface area contributed by atoms with E-state index in [-0.39, 0.29) is 30.1 Å². The number of nitrogens with one attached hydrogen (secondary N) is 1. The summed E-state index contributed by atoms with van der Waals surface area (Å²) >= 11 is 0. The fourth-order valence-electron chi connectivity index (χ4n) is 2.74. The van der Waals surface area contributed by atoms with Crippen LogP contribution in [0, 0.1) is 5.92 Å². The van der Waals surface area contributed by atoms with Crippen LogP contribution in [0.15, 0.2) is 24.3 Å². The molecule has 2 atom stereocenters. The van der Waals surface area contributed by atoms with Crippen molar-refractivity contribution in [1.82, 2.24) is 5.32 Å². The number of benzene rings is 1. The van der Waals surface area contributed by atoms with Gasteiger partial charge in [-0.1, -0.05) is 24.6 Å². The molecule has 1 aromatic carbocycles. The van der Waals surface area contributed by atoms with Gasteiger partial charge in [0, 0.05) is 11.6 Å². The van der Waals surface area contributed by atoms with Crippen molar-refractivity contribution >= 4 is 24.1 Å². The fourth-order valence-corrected chi connectivity index (χ4v) is 2.74. The molecule has 1 aromatic rings. The minimum Gasteiger partial charge on any atom is -0.349 e. The molecule has 1 saturated carbocycles. The Bertz CT molecular complexity index is 491. The smallest absolute Gasteiger partial charge is 0.252 e. The topological polar surface area (TPSA) is 72.2 Å². The van der Waals surface area contributed by atoms with Crippen LogP contribution >= 0.6 is 12.4 Å². The minimum atomic E-state index is -0.170. The molecule has 2 rings (SSSR count).